The van der Waals surface area contributed by atoms with Gasteiger partial charge in [0.2, 0.25) is 0 Å². The van der Waals surface area contributed by atoms with E-state index in [1.165, 1.54) is 6.92 Å². The van der Waals surface area contributed by atoms with Gasteiger partial charge in [-0.05, 0) is 19.8 Å². The molecule has 1 saturated carbocycles. The number of ether oxygens (including phenoxy) is 1. The Kier molecular flexibility index (Phi) is 4.40. The van der Waals surface area contributed by atoms with Crippen LogP contribution in [0.15, 0.2) is 0 Å². The zero-order valence-electron chi connectivity index (χ0n) is 8.89. The van der Waals surface area contributed by atoms with Crippen LogP contribution in [-0.2, 0) is 4.74 Å². The van der Waals surface area contributed by atoms with Crippen LogP contribution in [0.5, 0.6) is 0 Å². The first kappa shape index (κ1) is 12.8. The molecule has 15 heavy (non-hydrogen) atoms. The average molecular weight is 225 g/mol. The number of halogens is 3. The molecule has 0 heterocycles. The molecule has 1 rings (SSSR count). The highest BCUT2D eigenvalue weighted by Crippen LogP contribution is 2.29. The lowest BCUT2D eigenvalue weighted by molar-refractivity contribution is -0.240. The van der Waals surface area contributed by atoms with Crippen LogP contribution in [0, 0.1) is 0 Å². The molecule has 0 amide bonds. The van der Waals surface area contributed by atoms with Crippen molar-refractivity contribution in [1.29, 1.82) is 0 Å². The molecule has 2 N–H and O–H groups in total. The van der Waals surface area contributed by atoms with Gasteiger partial charge in [-0.3, -0.25) is 0 Å². The Balaban J connectivity index is 2.50. The van der Waals surface area contributed by atoms with Crippen LogP contribution < -0.4 is 5.73 Å². The number of rotatable bonds is 3. The van der Waals surface area contributed by atoms with Gasteiger partial charge in [0.05, 0.1) is 6.10 Å². The van der Waals surface area contributed by atoms with Crippen LogP contribution in [0.1, 0.15) is 39.0 Å². The molecule has 2 unspecified atom stereocenters. The first-order valence-electron chi connectivity index (χ1n) is 5.39. The molecule has 0 saturated heterocycles. The minimum absolute atomic E-state index is 0.267. The van der Waals surface area contributed by atoms with Crippen LogP contribution in [-0.4, -0.2) is 24.4 Å². The quantitative estimate of drug-likeness (QED) is 0.801. The highest BCUT2D eigenvalue weighted by Gasteiger charge is 2.44. The third-order valence-electron chi connectivity index (χ3n) is 2.69. The Morgan fingerprint density at radius 2 is 1.73 bits per heavy atom. The van der Waals surface area contributed by atoms with E-state index in [1.54, 1.807) is 0 Å². The van der Waals surface area contributed by atoms with Crippen molar-refractivity contribution in [3.05, 3.63) is 0 Å². The van der Waals surface area contributed by atoms with Crippen molar-refractivity contribution in [2.45, 2.75) is 63.5 Å². The maximum atomic E-state index is 12.5. The minimum Gasteiger partial charge on any atom is -0.364 e. The van der Waals surface area contributed by atoms with Crippen molar-refractivity contribution in [1.82, 2.24) is 0 Å². The van der Waals surface area contributed by atoms with E-state index >= 15 is 0 Å². The van der Waals surface area contributed by atoms with E-state index in [2.05, 4.69) is 0 Å². The maximum absolute atomic E-state index is 12.5. The van der Waals surface area contributed by atoms with Gasteiger partial charge in [0.1, 0.15) is 0 Å². The largest absolute Gasteiger partial charge is 0.416 e. The van der Waals surface area contributed by atoms with Gasteiger partial charge >= 0.3 is 6.18 Å². The van der Waals surface area contributed by atoms with Crippen molar-refractivity contribution >= 4 is 0 Å². The van der Waals surface area contributed by atoms with Gasteiger partial charge in [0, 0.05) is 6.04 Å². The molecule has 0 aromatic heterocycles. The molecule has 90 valence electrons. The SMILES string of the molecule is CC(N)C(OC1CCCCC1)C(F)(F)F. The lowest BCUT2D eigenvalue weighted by Crippen LogP contribution is -2.47. The summed E-state index contributed by atoms with van der Waals surface area (Å²) >= 11 is 0. The van der Waals surface area contributed by atoms with Gasteiger partial charge in [-0.15, -0.1) is 0 Å². The smallest absolute Gasteiger partial charge is 0.364 e. The summed E-state index contributed by atoms with van der Waals surface area (Å²) in [4.78, 5) is 0. The van der Waals surface area contributed by atoms with E-state index < -0.39 is 18.3 Å². The zero-order valence-corrected chi connectivity index (χ0v) is 8.89. The Hall–Kier alpha value is -0.290. The van der Waals surface area contributed by atoms with Crippen molar-refractivity contribution in [2.75, 3.05) is 0 Å². The molecule has 1 aliphatic carbocycles. The number of alkyl halides is 3. The third kappa shape index (κ3) is 3.99. The van der Waals surface area contributed by atoms with Crippen molar-refractivity contribution in [3.8, 4) is 0 Å². The molecule has 0 spiro atoms. The van der Waals surface area contributed by atoms with E-state index in [0.717, 1.165) is 32.1 Å². The lowest BCUT2D eigenvalue weighted by atomic mass is 9.97. The Bertz CT molecular complexity index is 188. The summed E-state index contributed by atoms with van der Waals surface area (Å²) in [5.74, 6) is 0. The second-order valence-electron chi connectivity index (χ2n) is 4.22. The third-order valence-corrected chi connectivity index (χ3v) is 2.69. The molecular formula is C10H18F3NO. The molecule has 1 fully saturated rings. The predicted octanol–water partition coefficient (Wildman–Crippen LogP) is 2.61. The minimum atomic E-state index is -4.36. The van der Waals surface area contributed by atoms with Gasteiger partial charge in [-0.2, -0.15) is 13.2 Å². The number of hydrogen-bond acceptors (Lipinski definition) is 2. The molecule has 0 bridgehead atoms. The van der Waals surface area contributed by atoms with Crippen LogP contribution in [0.4, 0.5) is 13.2 Å². The monoisotopic (exact) mass is 225 g/mol. The van der Waals surface area contributed by atoms with Gasteiger partial charge in [0.15, 0.2) is 6.10 Å². The van der Waals surface area contributed by atoms with Gasteiger partial charge in [0.25, 0.3) is 0 Å². The molecule has 5 heteroatoms. The van der Waals surface area contributed by atoms with Gasteiger partial charge in [-0.1, -0.05) is 19.3 Å². The van der Waals surface area contributed by atoms with E-state index in [0.29, 0.717) is 0 Å². The van der Waals surface area contributed by atoms with E-state index in [1.807, 2.05) is 0 Å². The van der Waals surface area contributed by atoms with Crippen LogP contribution in [0.2, 0.25) is 0 Å². The number of hydrogen-bond donors (Lipinski definition) is 1. The van der Waals surface area contributed by atoms with E-state index in [4.69, 9.17) is 10.5 Å². The summed E-state index contributed by atoms with van der Waals surface area (Å²) in [5, 5.41) is 0. The first-order valence-corrected chi connectivity index (χ1v) is 5.39. The van der Waals surface area contributed by atoms with Crippen molar-refractivity contribution in [2.24, 2.45) is 5.73 Å². The maximum Gasteiger partial charge on any atom is 0.416 e. The molecule has 0 aromatic carbocycles. The standard InChI is InChI=1S/C10H18F3NO/c1-7(14)9(10(11,12)13)15-8-5-3-2-4-6-8/h7-9H,2-6,14H2,1H3. The molecule has 0 aromatic rings. The molecule has 0 radical (unpaired) electrons. The van der Waals surface area contributed by atoms with Crippen LogP contribution in [0.3, 0.4) is 0 Å². The van der Waals surface area contributed by atoms with E-state index in [-0.39, 0.29) is 6.10 Å². The molecule has 1 aliphatic rings. The Morgan fingerprint density at radius 3 is 2.13 bits per heavy atom. The zero-order chi connectivity index (χ0) is 11.5. The summed E-state index contributed by atoms with van der Waals surface area (Å²) in [6.45, 7) is 1.33. The number of nitrogens with two attached hydrogens (primary N) is 1. The summed E-state index contributed by atoms with van der Waals surface area (Å²) in [5.41, 5.74) is 5.29. The Labute approximate surface area is 88.0 Å². The van der Waals surface area contributed by atoms with Gasteiger partial charge < -0.3 is 10.5 Å². The van der Waals surface area contributed by atoms with Crippen LogP contribution in [0.25, 0.3) is 0 Å². The topological polar surface area (TPSA) is 35.2 Å². The fraction of sp³-hybridized carbons (Fsp3) is 1.00. The summed E-state index contributed by atoms with van der Waals surface area (Å²) < 4.78 is 42.6. The second-order valence-corrected chi connectivity index (χ2v) is 4.22. The Morgan fingerprint density at radius 1 is 1.20 bits per heavy atom. The van der Waals surface area contributed by atoms with Crippen LogP contribution >= 0.6 is 0 Å². The molecule has 0 aliphatic heterocycles. The first-order chi connectivity index (χ1) is 6.91. The predicted molar refractivity (Wildman–Crippen MR) is 51.5 cm³/mol. The molecule has 2 nitrogen and oxygen atoms in total. The average Bonchev–Trinajstić information content (AvgIpc) is 2.13. The normalized spacial score (nSPS) is 23.8. The molecular weight excluding hydrogens is 207 g/mol. The summed E-state index contributed by atoms with van der Waals surface area (Å²) in [7, 11) is 0. The van der Waals surface area contributed by atoms with Crippen molar-refractivity contribution in [3.63, 3.8) is 0 Å². The highest BCUT2D eigenvalue weighted by molar-refractivity contribution is 4.79. The fourth-order valence-corrected chi connectivity index (χ4v) is 1.91. The van der Waals surface area contributed by atoms with E-state index in [9.17, 15) is 13.2 Å². The van der Waals surface area contributed by atoms with Crippen molar-refractivity contribution < 1.29 is 17.9 Å². The second kappa shape index (κ2) is 5.16. The summed E-state index contributed by atoms with van der Waals surface area (Å²) in [6.07, 6.45) is -2.00. The highest BCUT2D eigenvalue weighted by atomic mass is 19.4. The van der Waals surface area contributed by atoms with Gasteiger partial charge in [-0.25, -0.2) is 0 Å². The summed E-state index contributed by atoms with van der Waals surface area (Å²) in [6, 6.07) is -1.01. The fourth-order valence-electron chi connectivity index (χ4n) is 1.91. The lowest BCUT2D eigenvalue weighted by Gasteiger charge is -2.30. The molecule has 2 atom stereocenters.